The molecule has 1 aliphatic rings. The predicted molar refractivity (Wildman–Crippen MR) is 110 cm³/mol. The normalized spacial score (nSPS) is 14.1. The van der Waals surface area contributed by atoms with Crippen molar-refractivity contribution < 1.29 is 22.7 Å². The van der Waals surface area contributed by atoms with Crippen molar-refractivity contribution in [3.8, 4) is 11.5 Å². The number of hydrogen-bond donors (Lipinski definition) is 1. The van der Waals surface area contributed by atoms with Crippen molar-refractivity contribution in [2.24, 2.45) is 0 Å². The summed E-state index contributed by atoms with van der Waals surface area (Å²) in [5.41, 5.74) is 1.04. The molecule has 1 saturated heterocycles. The number of nitrogens with zero attached hydrogens (tertiary/aromatic N) is 1. The smallest absolute Gasteiger partial charge is 0.257 e. The van der Waals surface area contributed by atoms with Crippen molar-refractivity contribution in [3.05, 3.63) is 53.6 Å². The molecular formula is C21H26N2O5S. The Balaban J connectivity index is 1.80. The molecule has 0 aromatic heterocycles. The first-order valence-electron chi connectivity index (χ1n) is 9.63. The molecule has 7 nitrogen and oxygen atoms in total. The second-order valence-electron chi connectivity index (χ2n) is 6.77. The number of amides is 1. The van der Waals surface area contributed by atoms with Gasteiger partial charge in [0.1, 0.15) is 11.5 Å². The fourth-order valence-corrected chi connectivity index (χ4v) is 4.33. The molecule has 0 aliphatic carbocycles. The SMILES string of the molecule is CCOc1cccc(CNS(=O)(=O)c2ccc(OC)c(C(=O)N3CCCC3)c2)c1. The van der Waals surface area contributed by atoms with Gasteiger partial charge in [-0.25, -0.2) is 13.1 Å². The molecule has 0 unspecified atom stereocenters. The third-order valence-electron chi connectivity index (χ3n) is 4.78. The summed E-state index contributed by atoms with van der Waals surface area (Å²) in [6.45, 7) is 3.89. The summed E-state index contributed by atoms with van der Waals surface area (Å²) in [6, 6.07) is 11.6. The lowest BCUT2D eigenvalue weighted by Crippen LogP contribution is -2.29. The van der Waals surface area contributed by atoms with Crippen LogP contribution in [0.2, 0.25) is 0 Å². The first-order chi connectivity index (χ1) is 13.9. The van der Waals surface area contributed by atoms with Crippen LogP contribution in [0.1, 0.15) is 35.7 Å². The highest BCUT2D eigenvalue weighted by molar-refractivity contribution is 7.89. The molecular weight excluding hydrogens is 392 g/mol. The third kappa shape index (κ3) is 5.07. The summed E-state index contributed by atoms with van der Waals surface area (Å²) in [4.78, 5) is 14.6. The van der Waals surface area contributed by atoms with Gasteiger partial charge in [0.2, 0.25) is 10.0 Å². The van der Waals surface area contributed by atoms with Crippen LogP contribution in [0.5, 0.6) is 11.5 Å². The summed E-state index contributed by atoms with van der Waals surface area (Å²) < 4.78 is 38.9. The Bertz CT molecular complexity index is 969. The molecule has 0 atom stereocenters. The first kappa shape index (κ1) is 21.1. The van der Waals surface area contributed by atoms with Gasteiger partial charge in [0.25, 0.3) is 5.91 Å². The third-order valence-corrected chi connectivity index (χ3v) is 6.18. The van der Waals surface area contributed by atoms with Crippen LogP contribution in [0.15, 0.2) is 47.4 Å². The van der Waals surface area contributed by atoms with E-state index >= 15 is 0 Å². The van der Waals surface area contributed by atoms with Gasteiger partial charge in [-0.15, -0.1) is 0 Å². The fraction of sp³-hybridized carbons (Fsp3) is 0.381. The Hall–Kier alpha value is -2.58. The Morgan fingerprint density at radius 3 is 2.59 bits per heavy atom. The molecule has 2 aromatic carbocycles. The highest BCUT2D eigenvalue weighted by atomic mass is 32.2. The highest BCUT2D eigenvalue weighted by Gasteiger charge is 2.25. The van der Waals surface area contributed by atoms with Gasteiger partial charge in [0, 0.05) is 19.6 Å². The molecule has 8 heteroatoms. The Morgan fingerprint density at radius 2 is 1.90 bits per heavy atom. The number of carbonyl (C=O) groups is 1. The van der Waals surface area contributed by atoms with Crippen molar-refractivity contribution in [1.82, 2.24) is 9.62 Å². The number of hydrogen-bond acceptors (Lipinski definition) is 5. The van der Waals surface area contributed by atoms with Crippen molar-refractivity contribution in [2.45, 2.75) is 31.2 Å². The van der Waals surface area contributed by atoms with E-state index in [9.17, 15) is 13.2 Å². The van der Waals surface area contributed by atoms with Gasteiger partial charge in [-0.3, -0.25) is 4.79 Å². The Labute approximate surface area is 171 Å². The summed E-state index contributed by atoms with van der Waals surface area (Å²) >= 11 is 0. The molecule has 0 radical (unpaired) electrons. The molecule has 1 heterocycles. The van der Waals surface area contributed by atoms with Crippen LogP contribution in [0.3, 0.4) is 0 Å². The Morgan fingerprint density at radius 1 is 1.14 bits per heavy atom. The van der Waals surface area contributed by atoms with E-state index in [2.05, 4.69) is 4.72 Å². The molecule has 156 valence electrons. The quantitative estimate of drug-likeness (QED) is 0.713. The highest BCUT2D eigenvalue weighted by Crippen LogP contribution is 2.25. The van der Waals surface area contributed by atoms with E-state index in [0.717, 1.165) is 18.4 Å². The number of methoxy groups -OCH3 is 1. The van der Waals surface area contributed by atoms with Gasteiger partial charge < -0.3 is 14.4 Å². The molecule has 29 heavy (non-hydrogen) atoms. The molecule has 2 aromatic rings. The minimum Gasteiger partial charge on any atom is -0.496 e. The van der Waals surface area contributed by atoms with E-state index in [1.54, 1.807) is 11.0 Å². The summed E-state index contributed by atoms with van der Waals surface area (Å²) in [7, 11) is -2.34. The number of likely N-dealkylation sites (tertiary alicyclic amines) is 1. The second kappa shape index (κ2) is 9.28. The maximum absolute atomic E-state index is 12.8. The monoisotopic (exact) mass is 418 g/mol. The van der Waals surface area contributed by atoms with Crippen molar-refractivity contribution >= 4 is 15.9 Å². The van der Waals surface area contributed by atoms with Crippen LogP contribution in [0.25, 0.3) is 0 Å². The van der Waals surface area contributed by atoms with Crippen LogP contribution in [-0.2, 0) is 16.6 Å². The van der Waals surface area contributed by atoms with Gasteiger partial charge in [0.15, 0.2) is 0 Å². The number of carbonyl (C=O) groups excluding carboxylic acids is 1. The standard InChI is InChI=1S/C21H26N2O5S/c1-3-28-17-8-6-7-16(13-17)15-22-29(25,26)18-9-10-20(27-2)19(14-18)21(24)23-11-4-5-12-23/h6-10,13-14,22H,3-5,11-12,15H2,1-2H3. The molecule has 0 spiro atoms. The summed E-state index contributed by atoms with van der Waals surface area (Å²) in [5, 5.41) is 0. The largest absolute Gasteiger partial charge is 0.496 e. The zero-order valence-electron chi connectivity index (χ0n) is 16.7. The topological polar surface area (TPSA) is 84.9 Å². The minimum absolute atomic E-state index is 0.0295. The molecule has 0 saturated carbocycles. The molecule has 3 rings (SSSR count). The number of nitrogens with one attached hydrogen (secondary N) is 1. The van der Waals surface area contributed by atoms with E-state index < -0.39 is 10.0 Å². The maximum Gasteiger partial charge on any atom is 0.257 e. The Kier molecular flexibility index (Phi) is 6.76. The van der Waals surface area contributed by atoms with E-state index in [1.807, 2.05) is 25.1 Å². The zero-order valence-corrected chi connectivity index (χ0v) is 17.5. The van der Waals surface area contributed by atoms with E-state index in [0.29, 0.717) is 31.2 Å². The van der Waals surface area contributed by atoms with Gasteiger partial charge in [0.05, 0.1) is 24.2 Å². The predicted octanol–water partition coefficient (Wildman–Crippen LogP) is 2.81. The van der Waals surface area contributed by atoms with Gasteiger partial charge in [-0.2, -0.15) is 0 Å². The average Bonchev–Trinajstić information content (AvgIpc) is 3.27. The molecule has 1 N–H and O–H groups in total. The summed E-state index contributed by atoms with van der Waals surface area (Å²) in [6.07, 6.45) is 1.91. The van der Waals surface area contributed by atoms with Crippen LogP contribution in [-0.4, -0.2) is 46.0 Å². The van der Waals surface area contributed by atoms with E-state index in [4.69, 9.17) is 9.47 Å². The lowest BCUT2D eigenvalue weighted by atomic mass is 10.1. The lowest BCUT2D eigenvalue weighted by Gasteiger charge is -2.18. The van der Waals surface area contributed by atoms with E-state index in [-0.39, 0.29) is 22.9 Å². The molecule has 1 amide bonds. The van der Waals surface area contributed by atoms with Gasteiger partial charge in [-0.05, 0) is 55.7 Å². The van der Waals surface area contributed by atoms with Crippen molar-refractivity contribution in [3.63, 3.8) is 0 Å². The van der Waals surface area contributed by atoms with Crippen LogP contribution in [0, 0.1) is 0 Å². The van der Waals surface area contributed by atoms with Crippen LogP contribution in [0.4, 0.5) is 0 Å². The van der Waals surface area contributed by atoms with Gasteiger partial charge in [-0.1, -0.05) is 12.1 Å². The van der Waals surface area contributed by atoms with Crippen LogP contribution < -0.4 is 14.2 Å². The number of benzene rings is 2. The first-order valence-corrected chi connectivity index (χ1v) is 11.1. The minimum atomic E-state index is -3.81. The van der Waals surface area contributed by atoms with Crippen molar-refractivity contribution in [1.29, 1.82) is 0 Å². The number of ether oxygens (including phenoxy) is 2. The van der Waals surface area contributed by atoms with Crippen LogP contribution >= 0.6 is 0 Å². The lowest BCUT2D eigenvalue weighted by molar-refractivity contribution is 0.0789. The number of rotatable bonds is 8. The molecule has 1 aliphatic heterocycles. The van der Waals surface area contributed by atoms with Gasteiger partial charge >= 0.3 is 0 Å². The molecule has 0 bridgehead atoms. The van der Waals surface area contributed by atoms with E-state index in [1.165, 1.54) is 25.3 Å². The molecule has 1 fully saturated rings. The maximum atomic E-state index is 12.8. The van der Waals surface area contributed by atoms with Crippen molar-refractivity contribution in [2.75, 3.05) is 26.8 Å². The fourth-order valence-electron chi connectivity index (χ4n) is 3.29. The zero-order chi connectivity index (χ0) is 20.9. The summed E-state index contributed by atoms with van der Waals surface area (Å²) in [5.74, 6) is 0.846. The average molecular weight is 419 g/mol. The number of sulfonamides is 1. The second-order valence-corrected chi connectivity index (χ2v) is 8.53.